The van der Waals surface area contributed by atoms with E-state index < -0.39 is 0 Å². The minimum atomic E-state index is -0.199. The Morgan fingerprint density at radius 1 is 1.08 bits per heavy atom. The molecule has 5 heteroatoms. The lowest BCUT2D eigenvalue weighted by molar-refractivity contribution is 0.102. The first-order valence-electron chi connectivity index (χ1n) is 8.24. The molecule has 0 bridgehead atoms. The molecule has 26 heavy (non-hydrogen) atoms. The number of nitrogens with one attached hydrogen (secondary N) is 2. The Morgan fingerprint density at radius 3 is 2.19 bits per heavy atom. The van der Waals surface area contributed by atoms with Crippen molar-refractivity contribution >= 4 is 24.0 Å². The summed E-state index contributed by atoms with van der Waals surface area (Å²) in [5, 5.41) is 5.79. The molecular weight excluding hydrogens is 324 g/mol. The average Bonchev–Trinajstić information content (AvgIpc) is 2.71. The Kier molecular flexibility index (Phi) is 11.3. The summed E-state index contributed by atoms with van der Waals surface area (Å²) in [5.74, 6) is 0.316. The summed E-state index contributed by atoms with van der Waals surface area (Å²) < 4.78 is 0. The number of amides is 1. The van der Waals surface area contributed by atoms with E-state index in [-0.39, 0.29) is 5.91 Å². The molecule has 0 spiro atoms. The van der Waals surface area contributed by atoms with Gasteiger partial charge in [0, 0.05) is 12.1 Å². The first-order valence-corrected chi connectivity index (χ1v) is 8.24. The van der Waals surface area contributed by atoms with Crippen molar-refractivity contribution < 1.29 is 4.79 Å². The van der Waals surface area contributed by atoms with Gasteiger partial charge in [0.1, 0.15) is 5.82 Å². The van der Waals surface area contributed by atoms with Gasteiger partial charge in [-0.3, -0.25) is 4.79 Å². The Balaban J connectivity index is 0.00000146. The number of aliphatic imine (C=N–C) groups is 1. The third kappa shape index (κ3) is 7.49. The van der Waals surface area contributed by atoms with Gasteiger partial charge in [0.15, 0.2) is 0 Å². The topological polar surface area (TPSA) is 79.5 Å². The van der Waals surface area contributed by atoms with Gasteiger partial charge in [0.2, 0.25) is 0 Å². The molecule has 1 amide bonds. The first-order chi connectivity index (χ1) is 12.6. The van der Waals surface area contributed by atoms with Crippen LogP contribution in [0.25, 0.3) is 0 Å². The maximum Gasteiger partial charge on any atom is 0.255 e. The highest BCUT2D eigenvalue weighted by Gasteiger charge is 2.07. The van der Waals surface area contributed by atoms with Gasteiger partial charge >= 0.3 is 0 Å². The summed E-state index contributed by atoms with van der Waals surface area (Å²) in [6, 6.07) is 14.4. The van der Waals surface area contributed by atoms with Crippen LogP contribution >= 0.6 is 0 Å². The molecule has 0 aromatic heterocycles. The fourth-order valence-corrected chi connectivity index (χ4v) is 1.84. The molecule has 0 radical (unpaired) electrons. The minimum Gasteiger partial charge on any atom is -0.397 e. The molecule has 2 rings (SSSR count). The van der Waals surface area contributed by atoms with Gasteiger partial charge in [-0.1, -0.05) is 44.7 Å². The average molecular weight is 352 g/mol. The number of benzene rings is 2. The fourth-order valence-electron chi connectivity index (χ4n) is 1.84. The summed E-state index contributed by atoms with van der Waals surface area (Å²) in [6.07, 6.45) is 0. The zero-order valence-electron chi connectivity index (χ0n) is 15.6. The van der Waals surface area contributed by atoms with Crippen molar-refractivity contribution in [3.63, 3.8) is 0 Å². The van der Waals surface area contributed by atoms with Crippen LogP contribution in [0.1, 0.15) is 29.8 Å². The van der Waals surface area contributed by atoms with Gasteiger partial charge in [-0.15, -0.1) is 13.2 Å². The Bertz CT molecular complexity index is 708. The second-order valence-corrected chi connectivity index (χ2v) is 4.70. The van der Waals surface area contributed by atoms with Gasteiger partial charge in [0.25, 0.3) is 5.91 Å². The van der Waals surface area contributed by atoms with Gasteiger partial charge in [0.05, 0.1) is 11.4 Å². The maximum absolute atomic E-state index is 12.2. The van der Waals surface area contributed by atoms with Gasteiger partial charge in [-0.25, -0.2) is 4.99 Å². The Labute approximate surface area is 156 Å². The second kappa shape index (κ2) is 13.0. The molecule has 0 aliphatic rings. The van der Waals surface area contributed by atoms with Crippen LogP contribution in [-0.2, 0) is 6.54 Å². The number of hydrogen-bond donors (Lipinski definition) is 3. The van der Waals surface area contributed by atoms with Crippen LogP contribution in [0.3, 0.4) is 0 Å². The minimum absolute atomic E-state index is 0.199. The van der Waals surface area contributed by atoms with Crippen molar-refractivity contribution in [2.45, 2.75) is 20.4 Å². The number of para-hydroxylation sites is 2. The third-order valence-electron chi connectivity index (χ3n) is 3.11. The van der Waals surface area contributed by atoms with E-state index in [4.69, 9.17) is 5.73 Å². The summed E-state index contributed by atoms with van der Waals surface area (Å²) in [4.78, 5) is 15.8. The summed E-state index contributed by atoms with van der Waals surface area (Å²) in [5.41, 5.74) is 8.52. The van der Waals surface area contributed by atoms with Crippen molar-refractivity contribution in [1.29, 1.82) is 0 Å². The van der Waals surface area contributed by atoms with Crippen molar-refractivity contribution in [1.82, 2.24) is 5.32 Å². The van der Waals surface area contributed by atoms with E-state index in [1.807, 2.05) is 38.1 Å². The number of rotatable bonds is 6. The molecule has 5 nitrogen and oxygen atoms in total. The normalized spacial score (nSPS) is 8.69. The Hall–Kier alpha value is -3.34. The molecule has 0 atom stereocenters. The molecule has 0 saturated heterocycles. The molecular formula is C21H28N4O. The van der Waals surface area contributed by atoms with E-state index in [1.165, 1.54) is 0 Å². The highest BCUT2D eigenvalue weighted by molar-refractivity contribution is 6.05. The van der Waals surface area contributed by atoms with Crippen molar-refractivity contribution in [2.24, 2.45) is 4.99 Å². The standard InChI is InChI=1S/C17H18N4O.C2H6.C2H4/c1-12(19-2)20-11-13-7-9-14(10-8-13)17(22)21-16-6-4-3-5-15(16)18;2*1-2/h3-10,20H,1-2,11,18H2,(H,21,22);1-2H3;1-2H2. The molecule has 0 aliphatic carbocycles. The molecule has 2 aromatic rings. The van der Waals surface area contributed by atoms with Crippen LogP contribution in [0.2, 0.25) is 0 Å². The lowest BCUT2D eigenvalue weighted by Gasteiger charge is -2.09. The van der Waals surface area contributed by atoms with Gasteiger partial charge in [-0.05, 0) is 36.5 Å². The molecule has 0 unspecified atom stereocenters. The SMILES string of the molecule is C=C.C=NC(=C)NCc1ccc(C(=O)Nc2ccccc2N)cc1.CC. The second-order valence-electron chi connectivity index (χ2n) is 4.70. The van der Waals surface area contributed by atoms with E-state index in [0.29, 0.717) is 29.3 Å². The number of carbonyl (C=O) groups is 1. The van der Waals surface area contributed by atoms with Crippen LogP contribution in [0.15, 0.2) is 79.1 Å². The van der Waals surface area contributed by atoms with Crippen LogP contribution in [0.5, 0.6) is 0 Å². The highest BCUT2D eigenvalue weighted by atomic mass is 16.1. The molecule has 138 valence electrons. The van der Waals surface area contributed by atoms with Crippen LogP contribution in [0, 0.1) is 0 Å². The molecule has 0 saturated carbocycles. The maximum atomic E-state index is 12.2. The Morgan fingerprint density at radius 2 is 1.65 bits per heavy atom. The highest BCUT2D eigenvalue weighted by Crippen LogP contribution is 2.18. The molecule has 2 aromatic carbocycles. The van der Waals surface area contributed by atoms with E-state index >= 15 is 0 Å². The number of carbonyl (C=O) groups excluding carboxylic acids is 1. The first kappa shape index (κ1) is 22.7. The molecule has 0 aliphatic heterocycles. The number of nitrogens with zero attached hydrogens (tertiary/aromatic N) is 1. The summed E-state index contributed by atoms with van der Waals surface area (Å²) in [7, 11) is 0. The summed E-state index contributed by atoms with van der Waals surface area (Å²) in [6.45, 7) is 17.6. The van der Waals surface area contributed by atoms with E-state index in [0.717, 1.165) is 5.56 Å². The fraction of sp³-hybridized carbons (Fsp3) is 0.143. The molecule has 4 N–H and O–H groups in total. The van der Waals surface area contributed by atoms with Gasteiger partial charge in [-0.2, -0.15) is 0 Å². The van der Waals surface area contributed by atoms with Crippen molar-refractivity contribution in [3.05, 3.63) is 85.2 Å². The van der Waals surface area contributed by atoms with E-state index in [2.05, 4.69) is 42.1 Å². The number of nitrogen functional groups attached to an aromatic ring is 1. The van der Waals surface area contributed by atoms with Crippen LogP contribution < -0.4 is 16.4 Å². The zero-order chi connectivity index (χ0) is 19.9. The van der Waals surface area contributed by atoms with Crippen LogP contribution in [-0.4, -0.2) is 12.6 Å². The summed E-state index contributed by atoms with van der Waals surface area (Å²) >= 11 is 0. The third-order valence-corrected chi connectivity index (χ3v) is 3.11. The number of hydrogen-bond acceptors (Lipinski definition) is 4. The quantitative estimate of drug-likeness (QED) is 0.403. The van der Waals surface area contributed by atoms with Crippen molar-refractivity contribution in [3.8, 4) is 0 Å². The predicted octanol–water partition coefficient (Wildman–Crippen LogP) is 4.61. The van der Waals surface area contributed by atoms with E-state index in [9.17, 15) is 4.79 Å². The number of anilines is 2. The monoisotopic (exact) mass is 352 g/mol. The smallest absolute Gasteiger partial charge is 0.255 e. The lowest BCUT2D eigenvalue weighted by Crippen LogP contribution is -2.14. The van der Waals surface area contributed by atoms with Crippen molar-refractivity contribution in [2.75, 3.05) is 11.1 Å². The molecule has 0 fully saturated rings. The predicted molar refractivity (Wildman–Crippen MR) is 113 cm³/mol. The largest absolute Gasteiger partial charge is 0.397 e. The molecule has 0 heterocycles. The van der Waals surface area contributed by atoms with Gasteiger partial charge < -0.3 is 16.4 Å². The van der Waals surface area contributed by atoms with E-state index in [1.54, 1.807) is 24.3 Å². The zero-order valence-corrected chi connectivity index (χ0v) is 15.6. The van der Waals surface area contributed by atoms with Crippen LogP contribution in [0.4, 0.5) is 11.4 Å². The lowest BCUT2D eigenvalue weighted by atomic mass is 10.1. The number of nitrogens with two attached hydrogens (primary N) is 1.